The molecule has 0 bridgehead atoms. The SMILES string of the molecule is COc1ccc(-c2cnn(C)c2N)cc1OC1CCN(C)C1. The molecule has 2 N–H and O–H groups in total. The lowest BCUT2D eigenvalue weighted by molar-refractivity contribution is 0.199. The predicted octanol–water partition coefficient (Wildman–Crippen LogP) is 1.76. The lowest BCUT2D eigenvalue weighted by Crippen LogP contribution is -2.21. The van der Waals surface area contributed by atoms with Crippen LogP contribution in [0.4, 0.5) is 5.82 Å². The third-order valence-corrected chi connectivity index (χ3v) is 4.10. The third kappa shape index (κ3) is 2.74. The van der Waals surface area contributed by atoms with Crippen molar-refractivity contribution in [2.24, 2.45) is 7.05 Å². The van der Waals surface area contributed by atoms with Gasteiger partial charge in [0, 0.05) is 25.7 Å². The highest BCUT2D eigenvalue weighted by Crippen LogP contribution is 2.35. The number of nitrogens with zero attached hydrogens (tertiary/aromatic N) is 3. The fourth-order valence-corrected chi connectivity index (χ4v) is 2.78. The largest absolute Gasteiger partial charge is 0.493 e. The van der Waals surface area contributed by atoms with Gasteiger partial charge in [-0.1, -0.05) is 6.07 Å². The fraction of sp³-hybridized carbons (Fsp3) is 0.438. The van der Waals surface area contributed by atoms with Crippen LogP contribution in [0, 0.1) is 0 Å². The predicted molar refractivity (Wildman–Crippen MR) is 86.1 cm³/mol. The smallest absolute Gasteiger partial charge is 0.162 e. The molecule has 6 heteroatoms. The normalized spacial score (nSPS) is 18.6. The van der Waals surface area contributed by atoms with Gasteiger partial charge in [-0.3, -0.25) is 4.68 Å². The summed E-state index contributed by atoms with van der Waals surface area (Å²) in [5.41, 5.74) is 7.94. The van der Waals surface area contributed by atoms with E-state index in [1.807, 2.05) is 25.2 Å². The van der Waals surface area contributed by atoms with Gasteiger partial charge in [-0.15, -0.1) is 0 Å². The molecule has 6 nitrogen and oxygen atoms in total. The maximum atomic E-state index is 6.14. The minimum atomic E-state index is 0.195. The number of methoxy groups -OCH3 is 1. The van der Waals surface area contributed by atoms with Gasteiger partial charge in [0.25, 0.3) is 0 Å². The Morgan fingerprint density at radius 2 is 2.09 bits per heavy atom. The van der Waals surface area contributed by atoms with E-state index in [0.717, 1.165) is 42.1 Å². The highest BCUT2D eigenvalue weighted by Gasteiger charge is 2.22. The average Bonchev–Trinajstić information content (AvgIpc) is 3.06. The van der Waals surface area contributed by atoms with E-state index in [1.54, 1.807) is 18.0 Å². The molecule has 0 spiro atoms. The molecule has 2 aromatic rings. The Bertz CT molecular complexity index is 668. The zero-order chi connectivity index (χ0) is 15.7. The van der Waals surface area contributed by atoms with E-state index in [-0.39, 0.29) is 6.10 Å². The zero-order valence-electron chi connectivity index (χ0n) is 13.2. The van der Waals surface area contributed by atoms with Crippen LogP contribution in [0.15, 0.2) is 24.4 Å². The van der Waals surface area contributed by atoms with Crippen molar-refractivity contribution in [2.45, 2.75) is 12.5 Å². The first-order valence-corrected chi connectivity index (χ1v) is 7.39. The van der Waals surface area contributed by atoms with Crippen molar-refractivity contribution in [3.05, 3.63) is 24.4 Å². The van der Waals surface area contributed by atoms with Crippen LogP contribution < -0.4 is 15.2 Å². The van der Waals surface area contributed by atoms with Crippen molar-refractivity contribution in [3.8, 4) is 22.6 Å². The molecule has 0 aliphatic carbocycles. The summed E-state index contributed by atoms with van der Waals surface area (Å²) in [6, 6.07) is 5.86. The summed E-state index contributed by atoms with van der Waals surface area (Å²) in [5, 5.41) is 4.19. The lowest BCUT2D eigenvalue weighted by atomic mass is 10.1. The third-order valence-electron chi connectivity index (χ3n) is 4.10. The monoisotopic (exact) mass is 302 g/mol. The number of likely N-dealkylation sites (N-methyl/N-ethyl adjacent to an activating group) is 1. The molecule has 22 heavy (non-hydrogen) atoms. The van der Waals surface area contributed by atoms with E-state index in [9.17, 15) is 0 Å². The quantitative estimate of drug-likeness (QED) is 0.932. The summed E-state index contributed by atoms with van der Waals surface area (Å²) < 4.78 is 13.2. The molecule has 3 rings (SSSR count). The number of ether oxygens (including phenoxy) is 2. The number of benzene rings is 1. The van der Waals surface area contributed by atoms with Crippen molar-refractivity contribution in [1.82, 2.24) is 14.7 Å². The van der Waals surface area contributed by atoms with Gasteiger partial charge in [0.15, 0.2) is 11.5 Å². The van der Waals surface area contributed by atoms with Crippen LogP contribution in [-0.2, 0) is 7.05 Å². The van der Waals surface area contributed by atoms with E-state index >= 15 is 0 Å². The Labute approximate surface area is 130 Å². The highest BCUT2D eigenvalue weighted by molar-refractivity contribution is 5.75. The van der Waals surface area contributed by atoms with Gasteiger partial charge in [0.05, 0.1) is 13.3 Å². The van der Waals surface area contributed by atoms with Gasteiger partial charge in [0.1, 0.15) is 11.9 Å². The molecule has 1 aliphatic rings. The van der Waals surface area contributed by atoms with Gasteiger partial charge < -0.3 is 20.1 Å². The van der Waals surface area contributed by atoms with E-state index < -0.39 is 0 Å². The van der Waals surface area contributed by atoms with Crippen LogP contribution >= 0.6 is 0 Å². The summed E-state index contributed by atoms with van der Waals surface area (Å²) in [5.74, 6) is 2.13. The molecule has 118 valence electrons. The van der Waals surface area contributed by atoms with Gasteiger partial charge in [0.2, 0.25) is 0 Å². The molecule has 0 amide bonds. The number of hydrogen-bond acceptors (Lipinski definition) is 5. The number of nitrogen functional groups attached to an aromatic ring is 1. The summed E-state index contributed by atoms with van der Waals surface area (Å²) in [6.07, 6.45) is 2.99. The first-order chi connectivity index (χ1) is 10.6. The summed E-state index contributed by atoms with van der Waals surface area (Å²) in [7, 11) is 5.59. The first kappa shape index (κ1) is 14.7. The average molecular weight is 302 g/mol. The van der Waals surface area contributed by atoms with Crippen LogP contribution in [0.5, 0.6) is 11.5 Å². The molecule has 1 unspecified atom stereocenters. The Kier molecular flexibility index (Phi) is 3.94. The van der Waals surface area contributed by atoms with E-state index in [2.05, 4.69) is 17.0 Å². The van der Waals surface area contributed by atoms with Crippen LogP contribution in [0.3, 0.4) is 0 Å². The number of nitrogens with two attached hydrogens (primary N) is 1. The van der Waals surface area contributed by atoms with Crippen LogP contribution in [0.25, 0.3) is 11.1 Å². The maximum absolute atomic E-state index is 6.14. The van der Waals surface area contributed by atoms with E-state index in [1.165, 1.54) is 0 Å². The number of aryl methyl sites for hydroxylation is 1. The molecule has 1 aromatic heterocycles. The molecule has 1 saturated heterocycles. The van der Waals surface area contributed by atoms with E-state index in [4.69, 9.17) is 15.2 Å². The minimum Gasteiger partial charge on any atom is -0.493 e. The zero-order valence-corrected chi connectivity index (χ0v) is 13.2. The van der Waals surface area contributed by atoms with Gasteiger partial charge in [-0.05, 0) is 31.2 Å². The molecule has 1 aromatic carbocycles. The Hall–Kier alpha value is -2.21. The Balaban J connectivity index is 1.91. The van der Waals surface area contributed by atoms with Crippen molar-refractivity contribution in [1.29, 1.82) is 0 Å². The molecule has 1 aliphatic heterocycles. The van der Waals surface area contributed by atoms with Gasteiger partial charge in [-0.2, -0.15) is 5.10 Å². The van der Waals surface area contributed by atoms with Crippen molar-refractivity contribution >= 4 is 5.82 Å². The molecular formula is C16H22N4O2. The molecule has 2 heterocycles. The minimum absolute atomic E-state index is 0.195. The lowest BCUT2D eigenvalue weighted by Gasteiger charge is -2.17. The van der Waals surface area contributed by atoms with Crippen LogP contribution in [-0.4, -0.2) is 48.0 Å². The molecule has 1 fully saturated rings. The molecular weight excluding hydrogens is 280 g/mol. The summed E-state index contributed by atoms with van der Waals surface area (Å²) in [6.45, 7) is 1.99. The molecule has 1 atom stereocenters. The number of aromatic nitrogens is 2. The highest BCUT2D eigenvalue weighted by atomic mass is 16.5. The maximum Gasteiger partial charge on any atom is 0.162 e. The Morgan fingerprint density at radius 3 is 2.68 bits per heavy atom. The second kappa shape index (κ2) is 5.88. The molecule has 0 saturated carbocycles. The van der Waals surface area contributed by atoms with Crippen LogP contribution in [0.2, 0.25) is 0 Å². The Morgan fingerprint density at radius 1 is 1.27 bits per heavy atom. The number of hydrogen-bond donors (Lipinski definition) is 1. The second-order valence-corrected chi connectivity index (χ2v) is 5.72. The summed E-state index contributed by atoms with van der Waals surface area (Å²) >= 11 is 0. The van der Waals surface area contributed by atoms with Crippen molar-refractivity contribution in [2.75, 3.05) is 33.0 Å². The van der Waals surface area contributed by atoms with Crippen molar-refractivity contribution < 1.29 is 9.47 Å². The number of anilines is 1. The number of rotatable bonds is 4. The number of likely N-dealkylation sites (tertiary alicyclic amines) is 1. The van der Waals surface area contributed by atoms with Crippen molar-refractivity contribution in [3.63, 3.8) is 0 Å². The standard InChI is InChI=1S/C16H22N4O2/c1-19-7-6-12(10-19)22-15-8-11(4-5-14(15)21-3)13-9-18-20(2)16(13)17/h4-5,8-9,12H,6-7,10,17H2,1-3H3. The topological polar surface area (TPSA) is 65.5 Å². The summed E-state index contributed by atoms with van der Waals surface area (Å²) in [4.78, 5) is 2.26. The first-order valence-electron chi connectivity index (χ1n) is 7.39. The van der Waals surface area contributed by atoms with E-state index in [0.29, 0.717) is 5.82 Å². The van der Waals surface area contributed by atoms with Crippen LogP contribution in [0.1, 0.15) is 6.42 Å². The fourth-order valence-electron chi connectivity index (χ4n) is 2.78. The van der Waals surface area contributed by atoms with Gasteiger partial charge in [-0.25, -0.2) is 0 Å². The second-order valence-electron chi connectivity index (χ2n) is 5.72. The molecule has 0 radical (unpaired) electrons. The van der Waals surface area contributed by atoms with Gasteiger partial charge >= 0.3 is 0 Å².